The third kappa shape index (κ3) is 2.73. The van der Waals surface area contributed by atoms with Gasteiger partial charge in [-0.2, -0.15) is 0 Å². The summed E-state index contributed by atoms with van der Waals surface area (Å²) in [7, 11) is 1.93. The van der Waals surface area contributed by atoms with Crippen molar-refractivity contribution in [2.24, 2.45) is 0 Å². The Hall–Kier alpha value is -1.00. The lowest BCUT2D eigenvalue weighted by Crippen LogP contribution is -2.17. The highest BCUT2D eigenvalue weighted by atomic mass is 16.5. The first-order chi connectivity index (χ1) is 7.40. The van der Waals surface area contributed by atoms with E-state index < -0.39 is 0 Å². The molecule has 0 unspecified atom stereocenters. The van der Waals surface area contributed by atoms with E-state index in [1.165, 1.54) is 0 Å². The molecule has 0 saturated carbocycles. The molecule has 0 aliphatic carbocycles. The summed E-state index contributed by atoms with van der Waals surface area (Å²) in [6.07, 6.45) is 3.94. The summed E-state index contributed by atoms with van der Waals surface area (Å²) in [5.41, 5.74) is 1.06. The maximum absolute atomic E-state index is 5.33. The van der Waals surface area contributed by atoms with Gasteiger partial charge in [0.25, 0.3) is 0 Å². The minimum absolute atomic E-state index is 0.482. The van der Waals surface area contributed by atoms with E-state index in [9.17, 15) is 0 Å². The highest BCUT2D eigenvalue weighted by Gasteiger charge is 2.18. The number of rotatable bonds is 3. The molecule has 2 heterocycles. The van der Waals surface area contributed by atoms with Gasteiger partial charge in [0.05, 0.1) is 5.69 Å². The van der Waals surface area contributed by atoms with Crippen molar-refractivity contribution in [3.63, 3.8) is 0 Å². The van der Waals surface area contributed by atoms with E-state index in [0.29, 0.717) is 5.92 Å². The molecule has 0 aromatic carbocycles. The summed E-state index contributed by atoms with van der Waals surface area (Å²) in [5.74, 6) is 1.46. The topological polar surface area (TPSA) is 47.0 Å². The van der Waals surface area contributed by atoms with Gasteiger partial charge in [-0.1, -0.05) is 0 Å². The molecule has 1 N–H and O–H groups in total. The normalized spacial score (nSPS) is 17.9. The van der Waals surface area contributed by atoms with Gasteiger partial charge < -0.3 is 10.1 Å². The van der Waals surface area contributed by atoms with Gasteiger partial charge in [-0.05, 0) is 26.0 Å². The van der Waals surface area contributed by atoms with Crippen LogP contribution in [0.25, 0.3) is 0 Å². The fourth-order valence-corrected chi connectivity index (χ4v) is 1.84. The molecule has 0 atom stereocenters. The van der Waals surface area contributed by atoms with Crippen molar-refractivity contribution in [2.45, 2.75) is 25.3 Å². The minimum atomic E-state index is 0.482. The minimum Gasteiger partial charge on any atom is -0.381 e. The summed E-state index contributed by atoms with van der Waals surface area (Å²) in [4.78, 5) is 8.91. The van der Waals surface area contributed by atoms with E-state index in [2.05, 4.69) is 15.3 Å². The Bertz CT molecular complexity index is 310. The smallest absolute Gasteiger partial charge is 0.131 e. The molecule has 0 radical (unpaired) electrons. The fourth-order valence-electron chi connectivity index (χ4n) is 1.84. The average Bonchev–Trinajstić information content (AvgIpc) is 2.31. The molecule has 4 nitrogen and oxygen atoms in total. The standard InChI is InChI=1S/C11H17N3O/c1-12-8-10-2-5-13-11(14-10)9-3-6-15-7-4-9/h2,5,9,12H,3-4,6-8H2,1H3. The quantitative estimate of drug-likeness (QED) is 0.806. The van der Waals surface area contributed by atoms with Gasteiger partial charge in [0.15, 0.2) is 0 Å². The van der Waals surface area contributed by atoms with Gasteiger partial charge in [0.2, 0.25) is 0 Å². The van der Waals surface area contributed by atoms with E-state index in [1.54, 1.807) is 0 Å². The van der Waals surface area contributed by atoms with Crippen LogP contribution in [0.1, 0.15) is 30.3 Å². The largest absolute Gasteiger partial charge is 0.381 e. The van der Waals surface area contributed by atoms with Gasteiger partial charge in [0, 0.05) is 31.9 Å². The van der Waals surface area contributed by atoms with Crippen LogP contribution < -0.4 is 5.32 Å². The van der Waals surface area contributed by atoms with E-state index in [1.807, 2.05) is 19.3 Å². The molecule has 1 aromatic heterocycles. The van der Waals surface area contributed by atoms with Crippen molar-refractivity contribution in [3.8, 4) is 0 Å². The zero-order chi connectivity index (χ0) is 10.5. The number of nitrogens with zero attached hydrogens (tertiary/aromatic N) is 2. The Morgan fingerprint density at radius 3 is 3.00 bits per heavy atom. The lowest BCUT2D eigenvalue weighted by Gasteiger charge is -2.20. The molecule has 1 saturated heterocycles. The lowest BCUT2D eigenvalue weighted by molar-refractivity contribution is 0.0835. The molecular formula is C11H17N3O. The van der Waals surface area contributed by atoms with Crippen LogP contribution in [0.3, 0.4) is 0 Å². The first-order valence-electron chi connectivity index (χ1n) is 5.44. The third-order valence-electron chi connectivity index (χ3n) is 2.68. The highest BCUT2D eigenvalue weighted by molar-refractivity contribution is 5.06. The average molecular weight is 207 g/mol. The molecule has 0 amide bonds. The number of hydrogen-bond donors (Lipinski definition) is 1. The van der Waals surface area contributed by atoms with Crippen LogP contribution in [0.4, 0.5) is 0 Å². The Labute approximate surface area is 90.1 Å². The Morgan fingerprint density at radius 1 is 1.47 bits per heavy atom. The van der Waals surface area contributed by atoms with Gasteiger partial charge in [-0.3, -0.25) is 0 Å². The van der Waals surface area contributed by atoms with Crippen LogP contribution in [0, 0.1) is 0 Å². The first-order valence-corrected chi connectivity index (χ1v) is 5.44. The molecule has 1 aliphatic heterocycles. The van der Waals surface area contributed by atoms with Gasteiger partial charge >= 0.3 is 0 Å². The summed E-state index contributed by atoms with van der Waals surface area (Å²) >= 11 is 0. The number of ether oxygens (including phenoxy) is 1. The molecule has 1 aliphatic rings. The molecule has 15 heavy (non-hydrogen) atoms. The number of aromatic nitrogens is 2. The second-order valence-corrected chi connectivity index (χ2v) is 3.82. The zero-order valence-corrected chi connectivity index (χ0v) is 9.07. The van der Waals surface area contributed by atoms with Crippen molar-refractivity contribution in [3.05, 3.63) is 23.8 Å². The summed E-state index contributed by atoms with van der Waals surface area (Å²) in [5, 5.41) is 3.10. The second kappa shape index (κ2) is 5.19. The second-order valence-electron chi connectivity index (χ2n) is 3.82. The fraction of sp³-hybridized carbons (Fsp3) is 0.636. The summed E-state index contributed by atoms with van der Waals surface area (Å²) < 4.78 is 5.33. The molecule has 0 bridgehead atoms. The Balaban J connectivity index is 2.09. The van der Waals surface area contributed by atoms with Crippen LogP contribution in [0.5, 0.6) is 0 Å². The van der Waals surface area contributed by atoms with Crippen molar-refractivity contribution < 1.29 is 4.74 Å². The predicted molar refractivity (Wildman–Crippen MR) is 57.6 cm³/mol. The van der Waals surface area contributed by atoms with Gasteiger partial charge in [-0.15, -0.1) is 0 Å². The maximum Gasteiger partial charge on any atom is 0.131 e. The SMILES string of the molecule is CNCc1ccnc(C2CCOCC2)n1. The molecule has 82 valence electrons. The van der Waals surface area contributed by atoms with E-state index in [4.69, 9.17) is 4.74 Å². The van der Waals surface area contributed by atoms with Crippen LogP contribution in [0.15, 0.2) is 12.3 Å². The molecule has 1 aromatic rings. The first kappa shape index (κ1) is 10.5. The highest BCUT2D eigenvalue weighted by Crippen LogP contribution is 2.23. The van der Waals surface area contributed by atoms with Crippen molar-refractivity contribution >= 4 is 0 Å². The van der Waals surface area contributed by atoms with Crippen molar-refractivity contribution in [2.75, 3.05) is 20.3 Å². The van der Waals surface area contributed by atoms with Crippen LogP contribution in [-0.4, -0.2) is 30.2 Å². The Kier molecular flexibility index (Phi) is 3.64. The zero-order valence-electron chi connectivity index (χ0n) is 9.07. The molecule has 4 heteroatoms. The van der Waals surface area contributed by atoms with Gasteiger partial charge in [0.1, 0.15) is 5.82 Å². The summed E-state index contributed by atoms with van der Waals surface area (Å²) in [6, 6.07) is 1.96. The molecule has 1 fully saturated rings. The molecular weight excluding hydrogens is 190 g/mol. The van der Waals surface area contributed by atoms with E-state index in [-0.39, 0.29) is 0 Å². The number of hydrogen-bond acceptors (Lipinski definition) is 4. The van der Waals surface area contributed by atoms with Crippen molar-refractivity contribution in [1.29, 1.82) is 0 Å². The monoisotopic (exact) mass is 207 g/mol. The van der Waals surface area contributed by atoms with Gasteiger partial charge in [-0.25, -0.2) is 9.97 Å². The summed E-state index contributed by atoms with van der Waals surface area (Å²) in [6.45, 7) is 2.48. The Morgan fingerprint density at radius 2 is 2.27 bits per heavy atom. The number of nitrogens with one attached hydrogen (secondary N) is 1. The van der Waals surface area contributed by atoms with E-state index >= 15 is 0 Å². The maximum atomic E-state index is 5.33. The third-order valence-corrected chi connectivity index (χ3v) is 2.68. The van der Waals surface area contributed by atoms with Crippen LogP contribution in [0.2, 0.25) is 0 Å². The van der Waals surface area contributed by atoms with E-state index in [0.717, 1.165) is 44.1 Å². The van der Waals surface area contributed by atoms with Crippen LogP contribution >= 0.6 is 0 Å². The molecule has 0 spiro atoms. The van der Waals surface area contributed by atoms with Crippen molar-refractivity contribution in [1.82, 2.24) is 15.3 Å². The predicted octanol–water partition coefficient (Wildman–Crippen LogP) is 1.09. The lowest BCUT2D eigenvalue weighted by atomic mass is 9.99. The molecule has 2 rings (SSSR count). The van der Waals surface area contributed by atoms with Crippen LogP contribution in [-0.2, 0) is 11.3 Å².